The largest absolute Gasteiger partial charge is 0.213 e. The van der Waals surface area contributed by atoms with Gasteiger partial charge in [-0.15, -0.1) is 5.10 Å². The minimum absolute atomic E-state index is 0.210. The predicted molar refractivity (Wildman–Crippen MR) is 75.3 cm³/mol. The Hall–Kier alpha value is -3.00. The lowest BCUT2D eigenvalue weighted by Gasteiger charge is -2.07. The van der Waals surface area contributed by atoms with E-state index in [0.29, 0.717) is 12.1 Å². The van der Waals surface area contributed by atoms with Gasteiger partial charge in [0.25, 0.3) is 0 Å². The third kappa shape index (κ3) is 2.51. The van der Waals surface area contributed by atoms with Gasteiger partial charge in [-0.05, 0) is 17.7 Å². The summed E-state index contributed by atoms with van der Waals surface area (Å²) in [6, 6.07) is 17.9. The van der Waals surface area contributed by atoms with Crippen LogP contribution in [0.5, 0.6) is 0 Å². The van der Waals surface area contributed by atoms with Crippen LogP contribution in [-0.4, -0.2) is 15.0 Å². The molecule has 102 valence electrons. The molecule has 0 spiro atoms. The SMILES string of the molecule is N#Cc1nnn(-c2ccccc2F)c1Cc1ccccc1. The van der Waals surface area contributed by atoms with Crippen molar-refractivity contribution >= 4 is 0 Å². The highest BCUT2D eigenvalue weighted by molar-refractivity contribution is 5.39. The Labute approximate surface area is 121 Å². The average Bonchev–Trinajstić information content (AvgIpc) is 2.91. The van der Waals surface area contributed by atoms with Crippen LogP contribution in [0.1, 0.15) is 17.0 Å². The van der Waals surface area contributed by atoms with Gasteiger partial charge in [0.15, 0.2) is 5.69 Å². The van der Waals surface area contributed by atoms with Crippen molar-refractivity contribution in [2.45, 2.75) is 6.42 Å². The quantitative estimate of drug-likeness (QED) is 0.740. The molecule has 0 N–H and O–H groups in total. The normalized spacial score (nSPS) is 10.3. The number of aromatic nitrogens is 3. The van der Waals surface area contributed by atoms with Crippen LogP contribution in [0.15, 0.2) is 54.6 Å². The van der Waals surface area contributed by atoms with Crippen molar-refractivity contribution in [3.05, 3.63) is 77.4 Å². The second-order valence-corrected chi connectivity index (χ2v) is 4.52. The second-order valence-electron chi connectivity index (χ2n) is 4.52. The van der Waals surface area contributed by atoms with E-state index in [0.717, 1.165) is 5.56 Å². The zero-order valence-electron chi connectivity index (χ0n) is 11.1. The molecule has 5 heteroatoms. The maximum atomic E-state index is 13.9. The second kappa shape index (κ2) is 5.55. The van der Waals surface area contributed by atoms with E-state index in [-0.39, 0.29) is 11.4 Å². The van der Waals surface area contributed by atoms with Crippen LogP contribution in [0.3, 0.4) is 0 Å². The number of nitrogens with zero attached hydrogens (tertiary/aromatic N) is 4. The zero-order valence-corrected chi connectivity index (χ0v) is 11.1. The Morgan fingerprint density at radius 3 is 2.48 bits per heavy atom. The Bertz CT molecular complexity index is 803. The van der Waals surface area contributed by atoms with Crippen LogP contribution >= 0.6 is 0 Å². The van der Waals surface area contributed by atoms with Gasteiger partial charge in [0.2, 0.25) is 0 Å². The molecular formula is C16H11FN4. The van der Waals surface area contributed by atoms with E-state index in [1.807, 2.05) is 36.4 Å². The molecule has 0 fully saturated rings. The van der Waals surface area contributed by atoms with Gasteiger partial charge in [0, 0.05) is 6.42 Å². The monoisotopic (exact) mass is 278 g/mol. The van der Waals surface area contributed by atoms with Crippen LogP contribution in [0.4, 0.5) is 4.39 Å². The molecule has 21 heavy (non-hydrogen) atoms. The fourth-order valence-electron chi connectivity index (χ4n) is 2.15. The number of nitriles is 1. The highest BCUT2D eigenvalue weighted by Crippen LogP contribution is 2.18. The molecule has 0 aliphatic rings. The first-order chi connectivity index (χ1) is 10.3. The van der Waals surface area contributed by atoms with Crippen LogP contribution < -0.4 is 0 Å². The minimum Gasteiger partial charge on any atom is -0.213 e. The number of halogens is 1. The number of benzene rings is 2. The fourth-order valence-corrected chi connectivity index (χ4v) is 2.15. The van der Waals surface area contributed by atoms with E-state index in [1.54, 1.807) is 18.2 Å². The van der Waals surface area contributed by atoms with Gasteiger partial charge in [-0.3, -0.25) is 0 Å². The maximum Gasteiger partial charge on any atom is 0.186 e. The summed E-state index contributed by atoms with van der Waals surface area (Å²) < 4.78 is 15.3. The molecule has 3 aromatic rings. The Morgan fingerprint density at radius 2 is 1.76 bits per heavy atom. The molecule has 4 nitrogen and oxygen atoms in total. The molecule has 0 amide bonds. The first kappa shape index (κ1) is 13.0. The van der Waals surface area contributed by atoms with E-state index in [1.165, 1.54) is 10.7 Å². The van der Waals surface area contributed by atoms with E-state index in [9.17, 15) is 4.39 Å². The van der Waals surface area contributed by atoms with Gasteiger partial charge in [-0.25, -0.2) is 9.07 Å². The zero-order chi connectivity index (χ0) is 14.7. The first-order valence-electron chi connectivity index (χ1n) is 6.43. The first-order valence-corrected chi connectivity index (χ1v) is 6.43. The molecule has 0 aliphatic heterocycles. The third-order valence-corrected chi connectivity index (χ3v) is 3.16. The van der Waals surface area contributed by atoms with E-state index in [2.05, 4.69) is 10.3 Å². The minimum atomic E-state index is -0.402. The lowest BCUT2D eigenvalue weighted by Crippen LogP contribution is -2.06. The molecule has 0 aliphatic carbocycles. The molecule has 0 saturated heterocycles. The smallest absolute Gasteiger partial charge is 0.186 e. The van der Waals surface area contributed by atoms with Crippen LogP contribution in [0.2, 0.25) is 0 Å². The van der Waals surface area contributed by atoms with E-state index >= 15 is 0 Å². The molecule has 0 radical (unpaired) electrons. The highest BCUT2D eigenvalue weighted by atomic mass is 19.1. The average molecular weight is 278 g/mol. The van der Waals surface area contributed by atoms with Crippen molar-refractivity contribution in [2.75, 3.05) is 0 Å². The molecule has 1 aromatic heterocycles. The summed E-state index contributed by atoms with van der Waals surface area (Å²) in [4.78, 5) is 0. The molecule has 0 bridgehead atoms. The molecule has 1 heterocycles. The lowest BCUT2D eigenvalue weighted by molar-refractivity contribution is 0.603. The van der Waals surface area contributed by atoms with Crippen molar-refractivity contribution in [3.63, 3.8) is 0 Å². The molecule has 0 atom stereocenters. The van der Waals surface area contributed by atoms with Crippen LogP contribution in [0, 0.1) is 17.1 Å². The summed E-state index contributed by atoms with van der Waals surface area (Å²) >= 11 is 0. The van der Waals surface area contributed by atoms with Gasteiger partial charge < -0.3 is 0 Å². The molecule has 3 rings (SSSR count). The highest BCUT2D eigenvalue weighted by Gasteiger charge is 2.16. The van der Waals surface area contributed by atoms with Crippen molar-refractivity contribution in [1.82, 2.24) is 15.0 Å². The maximum absolute atomic E-state index is 13.9. The van der Waals surface area contributed by atoms with Gasteiger partial charge >= 0.3 is 0 Å². The summed E-state index contributed by atoms with van der Waals surface area (Å²) in [7, 11) is 0. The summed E-state index contributed by atoms with van der Waals surface area (Å²) in [6.07, 6.45) is 0.463. The summed E-state index contributed by atoms with van der Waals surface area (Å²) in [5, 5.41) is 16.9. The topological polar surface area (TPSA) is 54.5 Å². The van der Waals surface area contributed by atoms with Gasteiger partial charge in [0.1, 0.15) is 17.6 Å². The van der Waals surface area contributed by atoms with E-state index < -0.39 is 5.82 Å². The fraction of sp³-hybridized carbons (Fsp3) is 0.0625. The van der Waals surface area contributed by atoms with Gasteiger partial charge in [-0.2, -0.15) is 5.26 Å². The van der Waals surface area contributed by atoms with Crippen molar-refractivity contribution in [3.8, 4) is 11.8 Å². The number of rotatable bonds is 3. The Kier molecular flexibility index (Phi) is 3.44. The Balaban J connectivity index is 2.09. The number of hydrogen-bond donors (Lipinski definition) is 0. The van der Waals surface area contributed by atoms with E-state index in [4.69, 9.17) is 5.26 Å². The standard InChI is InChI=1S/C16H11FN4/c17-13-8-4-5-9-15(13)21-16(14(11-18)19-20-21)10-12-6-2-1-3-7-12/h1-9H,10H2. The Morgan fingerprint density at radius 1 is 1.05 bits per heavy atom. The number of hydrogen-bond acceptors (Lipinski definition) is 3. The summed E-state index contributed by atoms with van der Waals surface area (Å²) in [6.45, 7) is 0. The summed E-state index contributed by atoms with van der Waals surface area (Å²) in [5.74, 6) is -0.402. The molecular weight excluding hydrogens is 267 g/mol. The summed E-state index contributed by atoms with van der Waals surface area (Å²) in [5.41, 5.74) is 2.09. The molecule has 2 aromatic carbocycles. The molecule has 0 saturated carbocycles. The van der Waals surface area contributed by atoms with Crippen molar-refractivity contribution in [1.29, 1.82) is 5.26 Å². The predicted octanol–water partition coefficient (Wildman–Crippen LogP) is 2.87. The van der Waals surface area contributed by atoms with Crippen molar-refractivity contribution < 1.29 is 4.39 Å². The van der Waals surface area contributed by atoms with Gasteiger partial charge in [0.05, 0.1) is 5.69 Å². The van der Waals surface area contributed by atoms with Crippen LogP contribution in [-0.2, 0) is 6.42 Å². The number of para-hydroxylation sites is 1. The third-order valence-electron chi connectivity index (χ3n) is 3.16. The molecule has 0 unspecified atom stereocenters. The van der Waals surface area contributed by atoms with Gasteiger partial charge in [-0.1, -0.05) is 47.7 Å². The van der Waals surface area contributed by atoms with Crippen molar-refractivity contribution in [2.24, 2.45) is 0 Å². The van der Waals surface area contributed by atoms with Crippen LogP contribution in [0.25, 0.3) is 5.69 Å². The lowest BCUT2D eigenvalue weighted by atomic mass is 10.1.